The molecule has 0 aliphatic rings. The van der Waals surface area contributed by atoms with Crippen molar-refractivity contribution in [1.82, 2.24) is 5.32 Å². The number of amides is 2. The topological polar surface area (TPSA) is 93.7 Å². The Bertz CT molecular complexity index is 1290. The molecule has 0 saturated carbocycles. The lowest BCUT2D eigenvalue weighted by Gasteiger charge is -2.12. The number of urea groups is 1. The largest absolute Gasteiger partial charge is 0.457 e. The Morgan fingerprint density at radius 2 is 1.03 bits per heavy atom. The summed E-state index contributed by atoms with van der Waals surface area (Å²) in [5.74, 6) is -1.25. The standard InChI is InChI=1S/C31H28N2O5/c34-29(37-21-24-12-6-2-7-13-24)26-18-27(30(35)38-22-25-14-8-3-9-15-25)20-28(19-26)33-31(36)32-17-16-23-10-4-1-5-11-23/h1-15,18-20H,16-17,21-22H2,(H2,32,33,36). The molecule has 7 heteroatoms. The van der Waals surface area contributed by atoms with Crippen molar-refractivity contribution in [2.24, 2.45) is 0 Å². The van der Waals surface area contributed by atoms with Crippen LogP contribution in [0, 0.1) is 0 Å². The number of carbonyl (C=O) groups is 3. The molecule has 0 aromatic heterocycles. The molecule has 0 radical (unpaired) electrons. The number of carbonyl (C=O) groups excluding carboxylic acids is 3. The van der Waals surface area contributed by atoms with Crippen LogP contribution in [-0.4, -0.2) is 24.5 Å². The predicted molar refractivity (Wildman–Crippen MR) is 145 cm³/mol. The van der Waals surface area contributed by atoms with Crippen molar-refractivity contribution >= 4 is 23.7 Å². The van der Waals surface area contributed by atoms with E-state index < -0.39 is 18.0 Å². The van der Waals surface area contributed by atoms with Crippen molar-refractivity contribution in [2.75, 3.05) is 11.9 Å². The van der Waals surface area contributed by atoms with Gasteiger partial charge in [-0.15, -0.1) is 0 Å². The van der Waals surface area contributed by atoms with Crippen molar-refractivity contribution in [3.63, 3.8) is 0 Å². The molecule has 192 valence electrons. The van der Waals surface area contributed by atoms with E-state index in [2.05, 4.69) is 10.6 Å². The van der Waals surface area contributed by atoms with Crippen molar-refractivity contribution in [1.29, 1.82) is 0 Å². The third-order valence-corrected chi connectivity index (χ3v) is 5.63. The molecular formula is C31H28N2O5. The van der Waals surface area contributed by atoms with Crippen molar-refractivity contribution < 1.29 is 23.9 Å². The van der Waals surface area contributed by atoms with E-state index in [9.17, 15) is 14.4 Å². The zero-order chi connectivity index (χ0) is 26.6. The maximum absolute atomic E-state index is 12.8. The summed E-state index contributed by atoms with van der Waals surface area (Å²) >= 11 is 0. The van der Waals surface area contributed by atoms with Crippen LogP contribution in [0.15, 0.2) is 109 Å². The number of hydrogen-bond donors (Lipinski definition) is 2. The first-order valence-electron chi connectivity index (χ1n) is 12.2. The Labute approximate surface area is 221 Å². The fourth-order valence-corrected chi connectivity index (χ4v) is 3.69. The van der Waals surface area contributed by atoms with Gasteiger partial charge in [0.15, 0.2) is 0 Å². The number of esters is 2. The van der Waals surface area contributed by atoms with Crippen LogP contribution in [0.4, 0.5) is 10.5 Å². The molecule has 4 aromatic rings. The van der Waals surface area contributed by atoms with E-state index in [1.807, 2.05) is 91.0 Å². The van der Waals surface area contributed by atoms with Gasteiger partial charge in [-0.05, 0) is 41.3 Å². The Balaban J connectivity index is 1.44. The molecule has 2 N–H and O–H groups in total. The third-order valence-electron chi connectivity index (χ3n) is 5.63. The second-order valence-electron chi connectivity index (χ2n) is 8.54. The van der Waals surface area contributed by atoms with Crippen molar-refractivity contribution in [3.8, 4) is 0 Å². The normalized spacial score (nSPS) is 10.3. The quantitative estimate of drug-likeness (QED) is 0.266. The van der Waals surface area contributed by atoms with Crippen molar-refractivity contribution in [3.05, 3.63) is 137 Å². The second-order valence-corrected chi connectivity index (χ2v) is 8.54. The summed E-state index contributed by atoms with van der Waals surface area (Å²) in [7, 11) is 0. The molecule has 4 rings (SSSR count). The third kappa shape index (κ3) is 8.06. The molecule has 0 aliphatic heterocycles. The van der Waals surface area contributed by atoms with E-state index in [-0.39, 0.29) is 30.0 Å². The highest BCUT2D eigenvalue weighted by molar-refractivity contribution is 5.99. The molecule has 4 aromatic carbocycles. The zero-order valence-electron chi connectivity index (χ0n) is 20.8. The minimum Gasteiger partial charge on any atom is -0.457 e. The zero-order valence-corrected chi connectivity index (χ0v) is 20.8. The minimum absolute atomic E-state index is 0.0745. The Kier molecular flexibility index (Phi) is 9.23. The number of rotatable bonds is 10. The van der Waals surface area contributed by atoms with Gasteiger partial charge >= 0.3 is 18.0 Å². The van der Waals surface area contributed by atoms with Gasteiger partial charge in [0.2, 0.25) is 0 Å². The van der Waals surface area contributed by atoms with Gasteiger partial charge in [0.1, 0.15) is 13.2 Å². The molecule has 0 bridgehead atoms. The first kappa shape index (κ1) is 26.2. The summed E-state index contributed by atoms with van der Waals surface area (Å²) in [6.45, 7) is 0.566. The number of benzene rings is 4. The summed E-state index contributed by atoms with van der Waals surface area (Å²) in [6.07, 6.45) is 0.664. The fourth-order valence-electron chi connectivity index (χ4n) is 3.69. The lowest BCUT2D eigenvalue weighted by atomic mass is 10.1. The molecule has 0 atom stereocenters. The van der Waals surface area contributed by atoms with E-state index in [1.165, 1.54) is 18.2 Å². The first-order chi connectivity index (χ1) is 18.6. The van der Waals surface area contributed by atoms with Crippen LogP contribution in [0.1, 0.15) is 37.4 Å². The fraction of sp³-hybridized carbons (Fsp3) is 0.129. The van der Waals surface area contributed by atoms with Crippen LogP contribution < -0.4 is 10.6 Å². The highest BCUT2D eigenvalue weighted by Crippen LogP contribution is 2.19. The number of hydrogen-bond acceptors (Lipinski definition) is 5. The number of ether oxygens (including phenoxy) is 2. The van der Waals surface area contributed by atoms with Crippen LogP contribution in [-0.2, 0) is 29.1 Å². The second kappa shape index (κ2) is 13.4. The summed E-state index contributed by atoms with van der Waals surface area (Å²) in [5.41, 5.74) is 3.26. The van der Waals surface area contributed by atoms with Gasteiger partial charge in [-0.25, -0.2) is 14.4 Å². The maximum atomic E-state index is 12.8. The summed E-state index contributed by atoms with van der Waals surface area (Å²) < 4.78 is 10.9. The van der Waals surface area contributed by atoms with E-state index in [4.69, 9.17) is 9.47 Å². The molecule has 7 nitrogen and oxygen atoms in total. The molecular weight excluding hydrogens is 480 g/mol. The first-order valence-corrected chi connectivity index (χ1v) is 12.2. The van der Waals surface area contributed by atoms with Gasteiger partial charge in [0.05, 0.1) is 11.1 Å². The lowest BCUT2D eigenvalue weighted by molar-refractivity contribution is 0.0470. The SMILES string of the molecule is O=C(NCCc1ccccc1)Nc1cc(C(=O)OCc2ccccc2)cc(C(=O)OCc2ccccc2)c1. The Morgan fingerprint density at radius 3 is 1.50 bits per heavy atom. The van der Waals surface area contributed by atoms with Crippen LogP contribution >= 0.6 is 0 Å². The highest BCUT2D eigenvalue weighted by atomic mass is 16.5. The molecule has 38 heavy (non-hydrogen) atoms. The Morgan fingerprint density at radius 1 is 0.579 bits per heavy atom. The van der Waals surface area contributed by atoms with E-state index in [0.717, 1.165) is 16.7 Å². The maximum Gasteiger partial charge on any atom is 0.338 e. The van der Waals surface area contributed by atoms with Crippen LogP contribution in [0.5, 0.6) is 0 Å². The molecule has 0 unspecified atom stereocenters. The van der Waals surface area contributed by atoms with E-state index in [1.54, 1.807) is 0 Å². The minimum atomic E-state index is -0.626. The number of nitrogens with one attached hydrogen (secondary N) is 2. The lowest BCUT2D eigenvalue weighted by Crippen LogP contribution is -2.30. The summed E-state index contributed by atoms with van der Waals surface area (Å²) in [6, 6.07) is 32.2. The molecule has 0 saturated heterocycles. The van der Waals surface area contributed by atoms with E-state index in [0.29, 0.717) is 13.0 Å². The number of anilines is 1. The monoisotopic (exact) mass is 508 g/mol. The van der Waals surface area contributed by atoms with Crippen LogP contribution in [0.2, 0.25) is 0 Å². The van der Waals surface area contributed by atoms with Crippen LogP contribution in [0.3, 0.4) is 0 Å². The average molecular weight is 509 g/mol. The predicted octanol–water partition coefficient (Wildman–Crippen LogP) is 5.76. The van der Waals surface area contributed by atoms with Gasteiger partial charge in [-0.1, -0.05) is 91.0 Å². The van der Waals surface area contributed by atoms with Gasteiger partial charge < -0.3 is 20.1 Å². The van der Waals surface area contributed by atoms with Gasteiger partial charge in [-0.2, -0.15) is 0 Å². The summed E-state index contributed by atoms with van der Waals surface area (Å²) in [5, 5.41) is 5.49. The highest BCUT2D eigenvalue weighted by Gasteiger charge is 2.17. The summed E-state index contributed by atoms with van der Waals surface area (Å²) in [4.78, 5) is 38.2. The molecule has 0 heterocycles. The molecule has 0 spiro atoms. The smallest absolute Gasteiger partial charge is 0.338 e. The molecule has 0 fully saturated rings. The van der Waals surface area contributed by atoms with Gasteiger partial charge in [0.25, 0.3) is 0 Å². The molecule has 0 aliphatic carbocycles. The van der Waals surface area contributed by atoms with Gasteiger partial charge in [-0.3, -0.25) is 0 Å². The van der Waals surface area contributed by atoms with Gasteiger partial charge in [0, 0.05) is 12.2 Å². The Hall–Kier alpha value is -4.91. The average Bonchev–Trinajstić information content (AvgIpc) is 2.96. The van der Waals surface area contributed by atoms with E-state index >= 15 is 0 Å². The van der Waals surface area contributed by atoms with Crippen molar-refractivity contribution in [2.45, 2.75) is 19.6 Å². The molecule has 2 amide bonds. The van der Waals surface area contributed by atoms with Crippen LogP contribution in [0.25, 0.3) is 0 Å².